The van der Waals surface area contributed by atoms with E-state index < -0.39 is 5.97 Å². The summed E-state index contributed by atoms with van der Waals surface area (Å²) in [6.07, 6.45) is 3.67. The Morgan fingerprint density at radius 2 is 2.29 bits per heavy atom. The summed E-state index contributed by atoms with van der Waals surface area (Å²) in [5, 5.41) is 13.2. The molecule has 92 valence electrons. The van der Waals surface area contributed by atoms with Crippen LogP contribution in [-0.4, -0.2) is 17.0 Å². The minimum Gasteiger partial charge on any atom is -0.478 e. The van der Waals surface area contributed by atoms with E-state index in [0.717, 1.165) is 29.9 Å². The Labute approximate surface area is 104 Å². The van der Waals surface area contributed by atoms with Crippen LogP contribution in [0.3, 0.4) is 0 Å². The molecule has 0 saturated heterocycles. The number of carboxylic acids is 1. The summed E-state index contributed by atoms with van der Waals surface area (Å²) in [7, 11) is 0. The first kappa shape index (κ1) is 13.4. The van der Waals surface area contributed by atoms with Gasteiger partial charge in [0.15, 0.2) is 0 Å². The van der Waals surface area contributed by atoms with E-state index in [4.69, 9.17) is 5.11 Å². The van der Waals surface area contributed by atoms with Crippen LogP contribution in [0.2, 0.25) is 0 Å². The van der Waals surface area contributed by atoms with Crippen LogP contribution in [0.5, 0.6) is 0 Å². The fraction of sp³-hybridized carbons (Fsp3) is 0.333. The lowest BCUT2D eigenvalue weighted by Crippen LogP contribution is -2.26. The molecule has 0 aliphatic heterocycles. The van der Waals surface area contributed by atoms with Gasteiger partial charge in [0.05, 0.1) is 6.04 Å². The van der Waals surface area contributed by atoms with Crippen LogP contribution in [0.4, 0.5) is 0 Å². The first-order valence-corrected chi connectivity index (χ1v) is 6.26. The standard InChI is InChI=1S/C12H15NO3S/c1-2-4-9(10-5-3-8-17-10)13-11(14)6-7-12(15)16/h3,5-9H,2,4H2,1H3,(H,13,14)(H,15,16)/b7-6+. The van der Waals surface area contributed by atoms with E-state index >= 15 is 0 Å². The molecule has 1 unspecified atom stereocenters. The van der Waals surface area contributed by atoms with Crippen molar-refractivity contribution >= 4 is 23.2 Å². The summed E-state index contributed by atoms with van der Waals surface area (Å²) in [5.41, 5.74) is 0. The topological polar surface area (TPSA) is 66.4 Å². The van der Waals surface area contributed by atoms with Crippen molar-refractivity contribution in [3.63, 3.8) is 0 Å². The second kappa shape index (κ2) is 6.85. The van der Waals surface area contributed by atoms with Crippen molar-refractivity contribution in [2.45, 2.75) is 25.8 Å². The highest BCUT2D eigenvalue weighted by atomic mass is 32.1. The van der Waals surface area contributed by atoms with Gasteiger partial charge in [-0.3, -0.25) is 4.79 Å². The molecular weight excluding hydrogens is 238 g/mol. The number of amides is 1. The summed E-state index contributed by atoms with van der Waals surface area (Å²) in [6.45, 7) is 2.04. The van der Waals surface area contributed by atoms with Gasteiger partial charge in [-0.05, 0) is 17.9 Å². The predicted octanol–water partition coefficient (Wildman–Crippen LogP) is 2.35. The Kier molecular flexibility index (Phi) is 5.42. The Morgan fingerprint density at radius 3 is 2.82 bits per heavy atom. The van der Waals surface area contributed by atoms with Crippen molar-refractivity contribution in [2.75, 3.05) is 0 Å². The fourth-order valence-electron chi connectivity index (χ4n) is 1.43. The Bertz CT molecular complexity index is 398. The van der Waals surface area contributed by atoms with Crippen molar-refractivity contribution in [3.8, 4) is 0 Å². The Balaban J connectivity index is 2.61. The van der Waals surface area contributed by atoms with Gasteiger partial charge in [-0.25, -0.2) is 4.79 Å². The summed E-state index contributed by atoms with van der Waals surface area (Å²) in [6, 6.07) is 3.86. The van der Waals surface area contributed by atoms with Gasteiger partial charge >= 0.3 is 5.97 Å². The van der Waals surface area contributed by atoms with Crippen molar-refractivity contribution in [1.29, 1.82) is 0 Å². The minimum atomic E-state index is -1.12. The van der Waals surface area contributed by atoms with E-state index in [0.29, 0.717) is 0 Å². The second-order valence-corrected chi connectivity index (χ2v) is 4.52. The lowest BCUT2D eigenvalue weighted by Gasteiger charge is -2.15. The molecule has 1 atom stereocenters. The normalized spacial score (nSPS) is 12.5. The van der Waals surface area contributed by atoms with Crippen LogP contribution in [0.15, 0.2) is 29.7 Å². The minimum absolute atomic E-state index is 0.0362. The zero-order valence-electron chi connectivity index (χ0n) is 9.55. The highest BCUT2D eigenvalue weighted by Crippen LogP contribution is 2.22. The van der Waals surface area contributed by atoms with Gasteiger partial charge in [0.2, 0.25) is 5.91 Å². The number of aliphatic carboxylic acids is 1. The molecule has 2 N–H and O–H groups in total. The largest absolute Gasteiger partial charge is 0.478 e. The predicted molar refractivity (Wildman–Crippen MR) is 66.9 cm³/mol. The molecule has 5 heteroatoms. The molecule has 0 aliphatic rings. The number of nitrogens with one attached hydrogen (secondary N) is 1. The van der Waals surface area contributed by atoms with Crippen LogP contribution < -0.4 is 5.32 Å². The number of hydrogen-bond donors (Lipinski definition) is 2. The van der Waals surface area contributed by atoms with E-state index in [9.17, 15) is 9.59 Å². The van der Waals surface area contributed by atoms with E-state index in [2.05, 4.69) is 5.32 Å². The summed E-state index contributed by atoms with van der Waals surface area (Å²) < 4.78 is 0. The van der Waals surface area contributed by atoms with E-state index in [1.54, 1.807) is 11.3 Å². The summed E-state index contributed by atoms with van der Waals surface area (Å²) in [4.78, 5) is 22.8. The van der Waals surface area contributed by atoms with E-state index in [1.807, 2.05) is 24.4 Å². The number of thiophene rings is 1. The zero-order chi connectivity index (χ0) is 12.7. The van der Waals surface area contributed by atoms with Crippen molar-refractivity contribution in [2.24, 2.45) is 0 Å². The Hall–Kier alpha value is -1.62. The third kappa shape index (κ3) is 4.82. The number of carbonyl (C=O) groups is 2. The molecule has 0 radical (unpaired) electrons. The third-order valence-corrected chi connectivity index (χ3v) is 3.14. The summed E-state index contributed by atoms with van der Waals surface area (Å²) >= 11 is 1.58. The van der Waals surface area contributed by atoms with E-state index in [-0.39, 0.29) is 11.9 Å². The zero-order valence-corrected chi connectivity index (χ0v) is 10.4. The molecule has 0 spiro atoms. The maximum absolute atomic E-state index is 11.5. The SMILES string of the molecule is CCCC(NC(=O)/C=C/C(=O)O)c1cccs1. The first-order valence-electron chi connectivity index (χ1n) is 5.38. The molecule has 17 heavy (non-hydrogen) atoms. The highest BCUT2D eigenvalue weighted by Gasteiger charge is 2.13. The van der Waals surface area contributed by atoms with Crippen LogP contribution in [0, 0.1) is 0 Å². The van der Waals surface area contributed by atoms with Crippen LogP contribution in [-0.2, 0) is 9.59 Å². The average Bonchev–Trinajstić information content (AvgIpc) is 2.79. The monoisotopic (exact) mass is 253 g/mol. The third-order valence-electron chi connectivity index (χ3n) is 2.16. The second-order valence-electron chi connectivity index (χ2n) is 3.54. The number of carboxylic acid groups (broad SMARTS) is 1. The molecule has 1 amide bonds. The fourth-order valence-corrected chi connectivity index (χ4v) is 2.24. The Morgan fingerprint density at radius 1 is 1.53 bits per heavy atom. The number of hydrogen-bond acceptors (Lipinski definition) is 3. The van der Waals surface area contributed by atoms with Gasteiger partial charge in [0, 0.05) is 17.0 Å². The lowest BCUT2D eigenvalue weighted by atomic mass is 10.1. The van der Waals surface area contributed by atoms with Crippen LogP contribution in [0.1, 0.15) is 30.7 Å². The molecule has 0 bridgehead atoms. The van der Waals surface area contributed by atoms with Crippen molar-refractivity contribution < 1.29 is 14.7 Å². The van der Waals surface area contributed by atoms with Gasteiger partial charge < -0.3 is 10.4 Å². The quantitative estimate of drug-likeness (QED) is 0.765. The number of rotatable bonds is 6. The van der Waals surface area contributed by atoms with Gasteiger partial charge in [-0.2, -0.15) is 0 Å². The van der Waals surface area contributed by atoms with Crippen molar-refractivity contribution in [1.82, 2.24) is 5.32 Å². The smallest absolute Gasteiger partial charge is 0.328 e. The molecule has 1 aromatic rings. The summed E-state index contributed by atoms with van der Waals surface area (Å²) in [5.74, 6) is -1.50. The molecule has 0 aromatic carbocycles. The highest BCUT2D eigenvalue weighted by molar-refractivity contribution is 7.10. The van der Waals surface area contributed by atoms with Gasteiger partial charge in [0.1, 0.15) is 0 Å². The molecule has 0 fully saturated rings. The molecule has 1 aromatic heterocycles. The van der Waals surface area contributed by atoms with Crippen LogP contribution in [0.25, 0.3) is 0 Å². The molecular formula is C12H15NO3S. The maximum Gasteiger partial charge on any atom is 0.328 e. The van der Waals surface area contributed by atoms with Crippen molar-refractivity contribution in [3.05, 3.63) is 34.5 Å². The molecule has 0 aliphatic carbocycles. The first-order chi connectivity index (χ1) is 8.13. The molecule has 1 rings (SSSR count). The average molecular weight is 253 g/mol. The van der Waals surface area contributed by atoms with Gasteiger partial charge in [0.25, 0.3) is 0 Å². The van der Waals surface area contributed by atoms with Gasteiger partial charge in [-0.1, -0.05) is 19.4 Å². The maximum atomic E-state index is 11.5. The van der Waals surface area contributed by atoms with Crippen LogP contribution >= 0.6 is 11.3 Å². The lowest BCUT2D eigenvalue weighted by molar-refractivity contribution is -0.131. The number of carbonyl (C=O) groups excluding carboxylic acids is 1. The van der Waals surface area contributed by atoms with Gasteiger partial charge in [-0.15, -0.1) is 11.3 Å². The van der Waals surface area contributed by atoms with E-state index in [1.165, 1.54) is 0 Å². The molecule has 4 nitrogen and oxygen atoms in total. The molecule has 1 heterocycles. The molecule has 0 saturated carbocycles.